The molecular formula is C17H12F7N3. The van der Waals surface area contributed by atoms with Crippen molar-refractivity contribution in [2.45, 2.75) is 24.8 Å². The van der Waals surface area contributed by atoms with Crippen molar-refractivity contribution in [1.82, 2.24) is 9.97 Å². The number of rotatable bonds is 3. The fourth-order valence-corrected chi connectivity index (χ4v) is 2.71. The van der Waals surface area contributed by atoms with Crippen LogP contribution in [0.1, 0.15) is 28.6 Å². The van der Waals surface area contributed by atoms with Crippen molar-refractivity contribution in [3.8, 4) is 0 Å². The average Bonchev–Trinajstić information content (AvgIpc) is 2.96. The first-order chi connectivity index (χ1) is 12.4. The van der Waals surface area contributed by atoms with Crippen molar-refractivity contribution in [2.75, 3.05) is 0 Å². The molecule has 0 aliphatic rings. The molecule has 1 atom stereocenters. The molecule has 1 heterocycles. The van der Waals surface area contributed by atoms with Crippen molar-refractivity contribution < 1.29 is 30.7 Å². The Morgan fingerprint density at radius 3 is 2.30 bits per heavy atom. The lowest BCUT2D eigenvalue weighted by Gasteiger charge is -2.12. The number of nitrogens with two attached hydrogens (primary N) is 1. The number of halogens is 7. The third-order valence-electron chi connectivity index (χ3n) is 3.94. The third-order valence-corrected chi connectivity index (χ3v) is 3.94. The lowest BCUT2D eigenvalue weighted by atomic mass is 10.1. The van der Waals surface area contributed by atoms with E-state index in [0.717, 1.165) is 0 Å². The molecule has 3 rings (SSSR count). The lowest BCUT2D eigenvalue weighted by Crippen LogP contribution is -2.15. The molecule has 27 heavy (non-hydrogen) atoms. The first kappa shape index (κ1) is 19.2. The van der Waals surface area contributed by atoms with E-state index in [0.29, 0.717) is 11.6 Å². The van der Waals surface area contributed by atoms with Crippen LogP contribution in [0.25, 0.3) is 11.0 Å². The first-order valence-corrected chi connectivity index (χ1v) is 7.63. The summed E-state index contributed by atoms with van der Waals surface area (Å²) in [4.78, 5) is 6.17. The number of nitrogens with one attached hydrogen (secondary N) is 1. The summed E-state index contributed by atoms with van der Waals surface area (Å²) in [5.74, 6) is -0.641. The van der Waals surface area contributed by atoms with Crippen molar-refractivity contribution >= 4 is 11.0 Å². The maximum atomic E-state index is 13.2. The summed E-state index contributed by atoms with van der Waals surface area (Å²) in [6.07, 6.45) is -9.95. The van der Waals surface area contributed by atoms with E-state index >= 15 is 0 Å². The molecule has 0 saturated heterocycles. The van der Waals surface area contributed by atoms with E-state index in [1.165, 1.54) is 18.2 Å². The standard InChI is InChI=1S/C17H12F7N3/c18-10-3-1-2-8(4-10)5-12(25)15-26-13-7-9(16(19,20)21)6-11(14(13)27-15)17(22,23)24/h1-4,6-7,12H,5,25H2,(H,26,27)/t12-/m1/s1. The molecule has 144 valence electrons. The minimum atomic E-state index is -5.02. The van der Waals surface area contributed by atoms with E-state index in [2.05, 4.69) is 9.97 Å². The van der Waals surface area contributed by atoms with Crippen molar-refractivity contribution in [2.24, 2.45) is 5.73 Å². The number of hydrogen-bond donors (Lipinski definition) is 2. The van der Waals surface area contributed by atoms with Gasteiger partial charge in [0.2, 0.25) is 0 Å². The molecule has 10 heteroatoms. The Bertz CT molecular complexity index is 973. The molecular weight excluding hydrogens is 379 g/mol. The minimum absolute atomic E-state index is 0.0301. The van der Waals surface area contributed by atoms with Gasteiger partial charge in [0, 0.05) is 0 Å². The van der Waals surface area contributed by atoms with Crippen LogP contribution < -0.4 is 5.73 Å². The van der Waals surface area contributed by atoms with Gasteiger partial charge in [-0.05, 0) is 36.2 Å². The summed E-state index contributed by atoms with van der Waals surface area (Å²) in [6.45, 7) is 0. The molecule has 0 bridgehead atoms. The predicted octanol–water partition coefficient (Wildman–Crippen LogP) is 4.98. The number of aromatic amines is 1. The maximum Gasteiger partial charge on any atom is 0.418 e. The average molecular weight is 391 g/mol. The quantitative estimate of drug-likeness (QED) is 0.619. The Balaban J connectivity index is 2.05. The van der Waals surface area contributed by atoms with Crippen LogP contribution >= 0.6 is 0 Å². The molecule has 1 aromatic heterocycles. The van der Waals surface area contributed by atoms with Gasteiger partial charge in [0.15, 0.2) is 0 Å². The largest absolute Gasteiger partial charge is 0.418 e. The highest BCUT2D eigenvalue weighted by atomic mass is 19.4. The van der Waals surface area contributed by atoms with E-state index in [-0.39, 0.29) is 18.3 Å². The smallest absolute Gasteiger partial charge is 0.340 e. The normalized spacial score (nSPS) is 13.9. The highest BCUT2D eigenvalue weighted by molar-refractivity contribution is 5.80. The van der Waals surface area contributed by atoms with Crippen molar-refractivity contribution in [1.29, 1.82) is 0 Å². The second-order valence-electron chi connectivity index (χ2n) is 5.98. The van der Waals surface area contributed by atoms with E-state index in [1.54, 1.807) is 6.07 Å². The van der Waals surface area contributed by atoms with Crippen LogP contribution in [0.4, 0.5) is 30.7 Å². The number of alkyl halides is 6. The van der Waals surface area contributed by atoms with Gasteiger partial charge in [-0.1, -0.05) is 12.1 Å². The molecule has 0 amide bonds. The fourth-order valence-electron chi connectivity index (χ4n) is 2.71. The van der Waals surface area contributed by atoms with Crippen molar-refractivity contribution in [3.05, 3.63) is 64.7 Å². The van der Waals surface area contributed by atoms with Gasteiger partial charge in [-0.2, -0.15) is 26.3 Å². The Labute approximate surface area is 148 Å². The SMILES string of the molecule is N[C@H](Cc1cccc(F)c1)c1nc2cc(C(F)(F)F)cc(C(F)(F)F)c2[nH]1. The number of nitrogens with zero attached hydrogens (tertiary/aromatic N) is 1. The first-order valence-electron chi connectivity index (χ1n) is 7.63. The summed E-state index contributed by atoms with van der Waals surface area (Å²) in [5, 5.41) is 0. The van der Waals surface area contributed by atoms with E-state index in [4.69, 9.17) is 5.73 Å². The Morgan fingerprint density at radius 2 is 1.70 bits per heavy atom. The van der Waals surface area contributed by atoms with Gasteiger partial charge in [0.25, 0.3) is 0 Å². The maximum absolute atomic E-state index is 13.2. The summed E-state index contributed by atoms with van der Waals surface area (Å²) in [5.41, 5.74) is 2.35. The summed E-state index contributed by atoms with van der Waals surface area (Å²) >= 11 is 0. The molecule has 0 saturated carbocycles. The monoisotopic (exact) mass is 391 g/mol. The molecule has 0 aliphatic heterocycles. The fraction of sp³-hybridized carbons (Fsp3) is 0.235. The van der Waals surface area contributed by atoms with Gasteiger partial charge in [-0.3, -0.25) is 0 Å². The molecule has 0 unspecified atom stereocenters. The highest BCUT2D eigenvalue weighted by Crippen LogP contribution is 2.39. The predicted molar refractivity (Wildman–Crippen MR) is 83.1 cm³/mol. The van der Waals surface area contributed by atoms with Crippen LogP contribution in [0, 0.1) is 5.82 Å². The van der Waals surface area contributed by atoms with E-state index in [1.807, 2.05) is 0 Å². The number of fused-ring (bicyclic) bond motifs is 1. The Hall–Kier alpha value is -2.62. The Kier molecular flexibility index (Phi) is 4.62. The number of hydrogen-bond acceptors (Lipinski definition) is 2. The molecule has 0 spiro atoms. The zero-order valence-corrected chi connectivity index (χ0v) is 13.4. The van der Waals surface area contributed by atoms with Crippen LogP contribution in [0.3, 0.4) is 0 Å². The van der Waals surface area contributed by atoms with Gasteiger partial charge in [0.1, 0.15) is 11.6 Å². The van der Waals surface area contributed by atoms with Crippen LogP contribution in [-0.4, -0.2) is 9.97 Å². The van der Waals surface area contributed by atoms with Crippen LogP contribution in [-0.2, 0) is 18.8 Å². The zero-order chi connectivity index (χ0) is 20.0. The second-order valence-corrected chi connectivity index (χ2v) is 5.98. The molecule has 3 nitrogen and oxygen atoms in total. The molecule has 2 aromatic carbocycles. The Morgan fingerprint density at radius 1 is 1.00 bits per heavy atom. The molecule has 0 fully saturated rings. The lowest BCUT2D eigenvalue weighted by molar-refractivity contribution is -0.142. The summed E-state index contributed by atoms with van der Waals surface area (Å²) in [6, 6.07) is 5.01. The molecule has 3 N–H and O–H groups in total. The molecule has 3 aromatic rings. The number of aromatic nitrogens is 2. The topological polar surface area (TPSA) is 54.7 Å². The summed E-state index contributed by atoms with van der Waals surface area (Å²) < 4.78 is 91.6. The van der Waals surface area contributed by atoms with Gasteiger partial charge in [0.05, 0.1) is 28.2 Å². The number of H-pyrrole nitrogens is 1. The van der Waals surface area contributed by atoms with Crippen LogP contribution in [0.15, 0.2) is 36.4 Å². The highest BCUT2D eigenvalue weighted by Gasteiger charge is 2.39. The van der Waals surface area contributed by atoms with E-state index in [9.17, 15) is 30.7 Å². The number of imidazole rings is 1. The zero-order valence-electron chi connectivity index (χ0n) is 13.4. The minimum Gasteiger partial charge on any atom is -0.340 e. The van der Waals surface area contributed by atoms with Gasteiger partial charge in [-0.25, -0.2) is 9.37 Å². The number of benzene rings is 2. The summed E-state index contributed by atoms with van der Waals surface area (Å²) in [7, 11) is 0. The van der Waals surface area contributed by atoms with Gasteiger partial charge in [-0.15, -0.1) is 0 Å². The van der Waals surface area contributed by atoms with Crippen LogP contribution in [0.2, 0.25) is 0 Å². The van der Waals surface area contributed by atoms with E-state index < -0.39 is 46.4 Å². The van der Waals surface area contributed by atoms with Crippen LogP contribution in [0.5, 0.6) is 0 Å². The second kappa shape index (κ2) is 6.52. The molecule has 0 radical (unpaired) electrons. The molecule has 0 aliphatic carbocycles. The third kappa shape index (κ3) is 4.05. The van der Waals surface area contributed by atoms with Crippen molar-refractivity contribution in [3.63, 3.8) is 0 Å². The van der Waals surface area contributed by atoms with Gasteiger partial charge < -0.3 is 10.7 Å². The van der Waals surface area contributed by atoms with Gasteiger partial charge >= 0.3 is 12.4 Å².